The van der Waals surface area contributed by atoms with Gasteiger partial charge in [0.1, 0.15) is 5.82 Å². The van der Waals surface area contributed by atoms with E-state index in [9.17, 15) is 13.2 Å². The van der Waals surface area contributed by atoms with Crippen LogP contribution in [0.25, 0.3) is 0 Å². The Labute approximate surface area is 108 Å². The highest BCUT2D eigenvalue weighted by Gasteiger charge is 2.35. The van der Waals surface area contributed by atoms with Crippen LogP contribution in [0, 0.1) is 0 Å². The van der Waals surface area contributed by atoms with Gasteiger partial charge in [-0.1, -0.05) is 6.42 Å². The van der Waals surface area contributed by atoms with Gasteiger partial charge in [0.15, 0.2) is 0 Å². The lowest BCUT2D eigenvalue weighted by Gasteiger charge is -2.21. The van der Waals surface area contributed by atoms with Gasteiger partial charge in [-0.3, -0.25) is 0 Å². The summed E-state index contributed by atoms with van der Waals surface area (Å²) in [5.74, 6) is -0.0454. The molecule has 2 nitrogen and oxygen atoms in total. The molecule has 1 aromatic heterocycles. The summed E-state index contributed by atoms with van der Waals surface area (Å²) in [4.78, 5) is 3.84. The predicted molar refractivity (Wildman–Crippen MR) is 67.8 cm³/mol. The van der Waals surface area contributed by atoms with Crippen molar-refractivity contribution in [3.05, 3.63) is 23.9 Å². The number of thioether (sulfide) groups is 1. The molecule has 1 heterocycles. The lowest BCUT2D eigenvalue weighted by atomic mass is 10.2. The summed E-state index contributed by atoms with van der Waals surface area (Å²) in [5.41, 5.74) is -0.684. The number of hydrogen-bond acceptors (Lipinski definition) is 3. The molecule has 2 unspecified atom stereocenters. The Kier molecular flexibility index (Phi) is 4.04. The van der Waals surface area contributed by atoms with Crippen molar-refractivity contribution >= 4 is 17.6 Å². The van der Waals surface area contributed by atoms with E-state index in [4.69, 9.17) is 0 Å². The molecule has 100 valence electrons. The van der Waals surface area contributed by atoms with E-state index < -0.39 is 11.7 Å². The second-order valence-corrected chi connectivity index (χ2v) is 5.43. The Bertz CT molecular complexity index is 409. The number of anilines is 1. The molecular weight excluding hydrogens is 261 g/mol. The average molecular weight is 276 g/mol. The standard InChI is InChI=1S/C12H15F3N2S/c1-18-10-6-2-5-9(10)17-11-8(12(13,14)15)4-3-7-16-11/h3-4,7,9-10H,2,5-6H2,1H3,(H,16,17). The molecule has 1 aliphatic carbocycles. The summed E-state index contributed by atoms with van der Waals surface area (Å²) < 4.78 is 38.4. The highest BCUT2D eigenvalue weighted by Crippen LogP contribution is 2.36. The maximum absolute atomic E-state index is 12.8. The van der Waals surface area contributed by atoms with Gasteiger partial charge >= 0.3 is 6.18 Å². The normalized spacial score (nSPS) is 24.2. The zero-order valence-corrected chi connectivity index (χ0v) is 10.8. The summed E-state index contributed by atoms with van der Waals surface area (Å²) >= 11 is 1.70. The molecule has 1 N–H and O–H groups in total. The number of nitrogens with one attached hydrogen (secondary N) is 1. The van der Waals surface area contributed by atoms with E-state index >= 15 is 0 Å². The maximum atomic E-state index is 12.8. The average Bonchev–Trinajstić information content (AvgIpc) is 2.75. The van der Waals surface area contributed by atoms with E-state index in [1.165, 1.54) is 12.3 Å². The largest absolute Gasteiger partial charge is 0.419 e. The van der Waals surface area contributed by atoms with E-state index in [-0.39, 0.29) is 11.9 Å². The first kappa shape index (κ1) is 13.5. The Morgan fingerprint density at radius 1 is 1.39 bits per heavy atom. The van der Waals surface area contributed by atoms with Gasteiger partial charge in [-0.15, -0.1) is 0 Å². The molecule has 0 bridgehead atoms. The van der Waals surface area contributed by atoms with Crippen LogP contribution in [0.3, 0.4) is 0 Å². The van der Waals surface area contributed by atoms with Gasteiger partial charge in [0.2, 0.25) is 0 Å². The highest BCUT2D eigenvalue weighted by molar-refractivity contribution is 7.99. The topological polar surface area (TPSA) is 24.9 Å². The van der Waals surface area contributed by atoms with Gasteiger partial charge in [-0.05, 0) is 31.2 Å². The summed E-state index contributed by atoms with van der Waals surface area (Å²) in [6.45, 7) is 0. The number of alkyl halides is 3. The minimum absolute atomic E-state index is 0.0454. The number of halogens is 3. The molecule has 2 atom stereocenters. The highest BCUT2D eigenvalue weighted by atomic mass is 32.2. The summed E-state index contributed by atoms with van der Waals surface area (Å²) in [6.07, 6.45) is 2.03. The van der Waals surface area contributed by atoms with Crippen LogP contribution in [-0.4, -0.2) is 22.5 Å². The third kappa shape index (κ3) is 2.91. The number of aromatic nitrogens is 1. The van der Waals surface area contributed by atoms with Gasteiger partial charge in [0, 0.05) is 17.5 Å². The van der Waals surface area contributed by atoms with Crippen LogP contribution in [0.15, 0.2) is 18.3 Å². The fourth-order valence-electron chi connectivity index (χ4n) is 2.30. The number of rotatable bonds is 3. The van der Waals surface area contributed by atoms with Gasteiger partial charge < -0.3 is 5.32 Å². The first-order valence-corrected chi connectivity index (χ1v) is 7.12. The smallest absolute Gasteiger partial charge is 0.366 e. The SMILES string of the molecule is CSC1CCCC1Nc1ncccc1C(F)(F)F. The minimum atomic E-state index is -4.36. The van der Waals surface area contributed by atoms with Crippen molar-refractivity contribution in [3.63, 3.8) is 0 Å². The molecule has 6 heteroatoms. The van der Waals surface area contributed by atoms with E-state index in [2.05, 4.69) is 10.3 Å². The van der Waals surface area contributed by atoms with Crippen LogP contribution < -0.4 is 5.32 Å². The summed E-state index contributed by atoms with van der Waals surface area (Å²) in [5, 5.41) is 3.33. The number of hydrogen-bond donors (Lipinski definition) is 1. The fourth-order valence-corrected chi connectivity index (χ4v) is 3.23. The quantitative estimate of drug-likeness (QED) is 0.909. The molecule has 0 aliphatic heterocycles. The van der Waals surface area contributed by atoms with E-state index in [1.54, 1.807) is 11.8 Å². The Balaban J connectivity index is 2.19. The van der Waals surface area contributed by atoms with Crippen LogP contribution in [0.1, 0.15) is 24.8 Å². The van der Waals surface area contributed by atoms with Crippen LogP contribution in [0.5, 0.6) is 0 Å². The minimum Gasteiger partial charge on any atom is -0.366 e. The zero-order chi connectivity index (χ0) is 13.2. The van der Waals surface area contributed by atoms with Crippen molar-refractivity contribution in [2.24, 2.45) is 0 Å². The van der Waals surface area contributed by atoms with E-state index in [0.717, 1.165) is 25.3 Å². The van der Waals surface area contributed by atoms with Crippen LogP contribution in [0.2, 0.25) is 0 Å². The number of pyridine rings is 1. The number of nitrogens with zero attached hydrogens (tertiary/aromatic N) is 1. The molecule has 18 heavy (non-hydrogen) atoms. The Hall–Kier alpha value is -0.910. The Morgan fingerprint density at radius 3 is 2.83 bits per heavy atom. The summed E-state index contributed by atoms with van der Waals surface area (Å²) in [6, 6.07) is 2.46. The van der Waals surface area contributed by atoms with Gasteiger partial charge in [-0.25, -0.2) is 4.98 Å². The fraction of sp³-hybridized carbons (Fsp3) is 0.583. The van der Waals surface area contributed by atoms with Gasteiger partial charge in [0.25, 0.3) is 0 Å². The first-order valence-electron chi connectivity index (χ1n) is 5.84. The predicted octanol–water partition coefficient (Wildman–Crippen LogP) is 3.80. The second kappa shape index (κ2) is 5.38. The van der Waals surface area contributed by atoms with Crippen LogP contribution in [0.4, 0.5) is 19.0 Å². The third-order valence-electron chi connectivity index (χ3n) is 3.19. The molecule has 1 saturated carbocycles. The van der Waals surface area contributed by atoms with Crippen molar-refractivity contribution in [2.75, 3.05) is 11.6 Å². The van der Waals surface area contributed by atoms with Crippen LogP contribution >= 0.6 is 11.8 Å². The van der Waals surface area contributed by atoms with Crippen molar-refractivity contribution in [1.82, 2.24) is 4.98 Å². The molecule has 0 spiro atoms. The molecule has 0 saturated heterocycles. The second-order valence-electron chi connectivity index (χ2n) is 4.35. The van der Waals surface area contributed by atoms with Crippen molar-refractivity contribution in [3.8, 4) is 0 Å². The van der Waals surface area contributed by atoms with E-state index in [1.807, 2.05) is 6.26 Å². The van der Waals surface area contributed by atoms with Gasteiger partial charge in [0.05, 0.1) is 5.56 Å². The first-order chi connectivity index (χ1) is 8.52. The maximum Gasteiger partial charge on any atom is 0.419 e. The van der Waals surface area contributed by atoms with Gasteiger partial charge in [-0.2, -0.15) is 24.9 Å². The monoisotopic (exact) mass is 276 g/mol. The van der Waals surface area contributed by atoms with E-state index in [0.29, 0.717) is 5.25 Å². The van der Waals surface area contributed by atoms with Crippen molar-refractivity contribution in [2.45, 2.75) is 36.7 Å². The molecule has 1 aromatic rings. The molecule has 2 rings (SSSR count). The zero-order valence-electron chi connectivity index (χ0n) is 10.00. The lowest BCUT2D eigenvalue weighted by molar-refractivity contribution is -0.137. The molecular formula is C12H15F3N2S. The Morgan fingerprint density at radius 2 is 2.17 bits per heavy atom. The summed E-state index contributed by atoms with van der Waals surface area (Å²) in [7, 11) is 0. The molecule has 0 amide bonds. The van der Waals surface area contributed by atoms with Crippen LogP contribution in [-0.2, 0) is 6.18 Å². The molecule has 0 radical (unpaired) electrons. The van der Waals surface area contributed by atoms with Crippen molar-refractivity contribution < 1.29 is 13.2 Å². The molecule has 1 fully saturated rings. The lowest BCUT2D eigenvalue weighted by Crippen LogP contribution is -2.27. The van der Waals surface area contributed by atoms with Crippen molar-refractivity contribution in [1.29, 1.82) is 0 Å². The third-order valence-corrected chi connectivity index (χ3v) is 4.36. The molecule has 0 aromatic carbocycles. The molecule has 1 aliphatic rings.